The molecule has 20 heavy (non-hydrogen) atoms. The van der Waals surface area contributed by atoms with Crippen LogP contribution in [0.15, 0.2) is 34.8 Å². The van der Waals surface area contributed by atoms with Gasteiger partial charge in [0.1, 0.15) is 17.5 Å². The fourth-order valence-electron chi connectivity index (χ4n) is 1.83. The van der Waals surface area contributed by atoms with Gasteiger partial charge in [-0.3, -0.25) is 4.79 Å². The number of benzene rings is 2. The van der Waals surface area contributed by atoms with E-state index in [-0.39, 0.29) is 15.6 Å². The maximum Gasteiger partial charge on any atom is 0.170 e. The minimum atomic E-state index is -0.842. The molecule has 104 valence electrons. The maximum atomic E-state index is 13.8. The van der Waals surface area contributed by atoms with Crippen molar-refractivity contribution in [1.82, 2.24) is 0 Å². The van der Waals surface area contributed by atoms with Crippen molar-refractivity contribution in [3.8, 4) is 0 Å². The molecule has 2 aromatic rings. The minimum Gasteiger partial charge on any atom is -0.294 e. The van der Waals surface area contributed by atoms with Crippen LogP contribution in [0.1, 0.15) is 21.5 Å². The molecule has 0 radical (unpaired) electrons. The number of aryl methyl sites for hydroxylation is 1. The second-order valence-corrected chi connectivity index (χ2v) is 5.26. The summed E-state index contributed by atoms with van der Waals surface area (Å²) in [6.07, 6.45) is -0.531. The van der Waals surface area contributed by atoms with Crippen LogP contribution in [-0.4, -0.2) is 5.78 Å². The van der Waals surface area contributed by atoms with Crippen molar-refractivity contribution >= 4 is 21.7 Å². The predicted octanol–water partition coefficient (Wildman–Crippen LogP) is 4.60. The number of carbonyl (C=O) groups excluding carboxylic acids is 1. The molecule has 0 aliphatic heterocycles. The molecule has 0 unspecified atom stereocenters. The Morgan fingerprint density at radius 1 is 1.10 bits per heavy atom. The van der Waals surface area contributed by atoms with E-state index in [9.17, 15) is 18.0 Å². The Morgan fingerprint density at radius 3 is 2.45 bits per heavy atom. The Labute approximate surface area is 122 Å². The highest BCUT2D eigenvalue weighted by molar-refractivity contribution is 9.10. The molecular formula is C15H10BrF3O. The van der Waals surface area contributed by atoms with Crippen LogP contribution in [0.2, 0.25) is 0 Å². The quantitative estimate of drug-likeness (QED) is 0.588. The monoisotopic (exact) mass is 342 g/mol. The first-order valence-electron chi connectivity index (χ1n) is 5.82. The van der Waals surface area contributed by atoms with Crippen LogP contribution in [-0.2, 0) is 6.42 Å². The molecule has 0 atom stereocenters. The summed E-state index contributed by atoms with van der Waals surface area (Å²) in [7, 11) is 0. The zero-order valence-electron chi connectivity index (χ0n) is 10.5. The fraction of sp³-hybridized carbons (Fsp3) is 0.133. The van der Waals surface area contributed by atoms with E-state index in [0.717, 1.165) is 6.07 Å². The molecule has 0 saturated heterocycles. The number of rotatable bonds is 3. The average Bonchev–Trinajstić information content (AvgIpc) is 2.39. The number of halogens is 4. The lowest BCUT2D eigenvalue weighted by atomic mass is 10.0. The molecule has 0 aliphatic rings. The molecule has 0 aliphatic carbocycles. The summed E-state index contributed by atoms with van der Waals surface area (Å²) >= 11 is 2.92. The van der Waals surface area contributed by atoms with Gasteiger partial charge in [0.15, 0.2) is 5.78 Å². The first-order valence-corrected chi connectivity index (χ1v) is 6.61. The van der Waals surface area contributed by atoms with Crippen molar-refractivity contribution in [2.75, 3.05) is 0 Å². The Kier molecular flexibility index (Phi) is 4.28. The highest BCUT2D eigenvalue weighted by Gasteiger charge is 2.19. The topological polar surface area (TPSA) is 17.1 Å². The van der Waals surface area contributed by atoms with Crippen LogP contribution < -0.4 is 0 Å². The molecule has 0 saturated carbocycles. The summed E-state index contributed by atoms with van der Waals surface area (Å²) in [5.74, 6) is -3.03. The number of carbonyl (C=O) groups is 1. The van der Waals surface area contributed by atoms with Gasteiger partial charge in [-0.15, -0.1) is 0 Å². The average molecular weight is 343 g/mol. The highest BCUT2D eigenvalue weighted by atomic mass is 79.9. The van der Waals surface area contributed by atoms with Gasteiger partial charge in [-0.1, -0.05) is 6.07 Å². The van der Waals surface area contributed by atoms with Gasteiger partial charge in [0.25, 0.3) is 0 Å². The number of ketones is 1. The fourth-order valence-corrected chi connectivity index (χ4v) is 2.20. The highest BCUT2D eigenvalue weighted by Crippen LogP contribution is 2.23. The smallest absolute Gasteiger partial charge is 0.170 e. The van der Waals surface area contributed by atoms with Crippen molar-refractivity contribution in [3.05, 3.63) is 68.9 Å². The van der Waals surface area contributed by atoms with E-state index in [0.29, 0.717) is 5.56 Å². The standard InChI is InChI=1S/C15H10BrF3O/c1-8-2-3-9(13(18)6-8)14(20)7-10-12(17)5-4-11(16)15(10)19/h2-6H,7H2,1H3. The van der Waals surface area contributed by atoms with E-state index in [1.54, 1.807) is 13.0 Å². The SMILES string of the molecule is Cc1ccc(C(=O)Cc2c(F)ccc(Br)c2F)c(F)c1. The van der Waals surface area contributed by atoms with Crippen molar-refractivity contribution < 1.29 is 18.0 Å². The lowest BCUT2D eigenvalue weighted by molar-refractivity contribution is 0.0986. The summed E-state index contributed by atoms with van der Waals surface area (Å²) in [5.41, 5.74) is 0.123. The van der Waals surface area contributed by atoms with Crippen molar-refractivity contribution in [1.29, 1.82) is 0 Å². The lowest BCUT2D eigenvalue weighted by Crippen LogP contribution is -2.09. The van der Waals surface area contributed by atoms with Crippen LogP contribution in [0.25, 0.3) is 0 Å². The van der Waals surface area contributed by atoms with Crippen molar-refractivity contribution in [2.45, 2.75) is 13.3 Å². The first-order chi connectivity index (χ1) is 9.40. The zero-order valence-corrected chi connectivity index (χ0v) is 12.1. The molecular weight excluding hydrogens is 333 g/mol. The summed E-state index contributed by atoms with van der Waals surface area (Å²) in [4.78, 5) is 12.0. The lowest BCUT2D eigenvalue weighted by Gasteiger charge is -2.07. The van der Waals surface area contributed by atoms with E-state index in [4.69, 9.17) is 0 Å². The first kappa shape index (κ1) is 14.8. The van der Waals surface area contributed by atoms with Gasteiger partial charge in [-0.05, 0) is 52.7 Å². The van der Waals surface area contributed by atoms with Crippen LogP contribution in [0.5, 0.6) is 0 Å². The Bertz CT molecular complexity index is 683. The van der Waals surface area contributed by atoms with Gasteiger partial charge in [0, 0.05) is 12.0 Å². The Balaban J connectivity index is 2.35. The third-order valence-electron chi connectivity index (χ3n) is 2.90. The zero-order chi connectivity index (χ0) is 14.9. The molecule has 0 amide bonds. The molecule has 5 heteroatoms. The van der Waals surface area contributed by atoms with E-state index >= 15 is 0 Å². The van der Waals surface area contributed by atoms with Gasteiger partial charge in [0.2, 0.25) is 0 Å². The molecule has 0 aromatic heterocycles. The molecule has 1 nitrogen and oxygen atoms in total. The minimum absolute atomic E-state index is 0.0612. The molecule has 2 aromatic carbocycles. The van der Waals surface area contributed by atoms with Crippen LogP contribution in [0.3, 0.4) is 0 Å². The van der Waals surface area contributed by atoms with Crippen molar-refractivity contribution in [3.63, 3.8) is 0 Å². The van der Waals surface area contributed by atoms with Gasteiger partial charge < -0.3 is 0 Å². The van der Waals surface area contributed by atoms with Crippen LogP contribution >= 0.6 is 15.9 Å². The molecule has 0 fully saturated rings. The van der Waals surface area contributed by atoms with Gasteiger partial charge in [0.05, 0.1) is 10.0 Å². The molecule has 0 N–H and O–H groups in total. The van der Waals surface area contributed by atoms with Gasteiger partial charge >= 0.3 is 0 Å². The summed E-state index contributed by atoms with van der Waals surface area (Å²) < 4.78 is 41.1. The van der Waals surface area contributed by atoms with Crippen molar-refractivity contribution in [2.24, 2.45) is 0 Å². The Hall–Kier alpha value is -1.62. The van der Waals surface area contributed by atoms with Gasteiger partial charge in [-0.2, -0.15) is 0 Å². The molecule has 0 heterocycles. The number of hydrogen-bond acceptors (Lipinski definition) is 1. The predicted molar refractivity (Wildman–Crippen MR) is 73.2 cm³/mol. The third-order valence-corrected chi connectivity index (χ3v) is 3.51. The Morgan fingerprint density at radius 2 is 1.80 bits per heavy atom. The number of hydrogen-bond donors (Lipinski definition) is 0. The van der Waals surface area contributed by atoms with Gasteiger partial charge in [-0.25, -0.2) is 13.2 Å². The van der Waals surface area contributed by atoms with E-state index in [1.165, 1.54) is 18.2 Å². The molecule has 0 bridgehead atoms. The summed E-state index contributed by atoms with van der Waals surface area (Å²) in [6.45, 7) is 1.69. The third kappa shape index (κ3) is 2.93. The second-order valence-electron chi connectivity index (χ2n) is 4.40. The normalized spacial score (nSPS) is 10.7. The van der Waals surface area contributed by atoms with E-state index in [1.807, 2.05) is 0 Å². The van der Waals surface area contributed by atoms with E-state index < -0.39 is 29.7 Å². The summed E-state index contributed by atoms with van der Waals surface area (Å²) in [5, 5.41) is 0. The molecule has 2 rings (SSSR count). The molecule has 0 spiro atoms. The van der Waals surface area contributed by atoms with Crippen LogP contribution in [0.4, 0.5) is 13.2 Å². The summed E-state index contributed by atoms with van der Waals surface area (Å²) in [6, 6.07) is 6.37. The largest absolute Gasteiger partial charge is 0.294 e. The van der Waals surface area contributed by atoms with E-state index in [2.05, 4.69) is 15.9 Å². The van der Waals surface area contributed by atoms with Crippen LogP contribution in [0, 0.1) is 24.4 Å². The maximum absolute atomic E-state index is 13.8. The number of Topliss-reactive ketones (excluding diaryl/α,β-unsaturated/α-hetero) is 1. The second kappa shape index (κ2) is 5.79.